The van der Waals surface area contributed by atoms with Crippen molar-refractivity contribution in [3.05, 3.63) is 95.6 Å². The van der Waals surface area contributed by atoms with Crippen LogP contribution >= 0.6 is 0 Å². The Kier molecular flexibility index (Phi) is 4.75. The number of anilines is 2. The van der Waals surface area contributed by atoms with E-state index >= 15 is 0 Å². The average molecular weight is 411 g/mol. The number of carbonyl (C=O) groups excluding carboxylic acids is 3. The van der Waals surface area contributed by atoms with Gasteiger partial charge in [-0.1, -0.05) is 54.6 Å². The Labute approximate surface area is 180 Å². The lowest BCUT2D eigenvalue weighted by Gasteiger charge is -2.36. The Morgan fingerprint density at radius 3 is 2.16 bits per heavy atom. The number of amides is 3. The highest BCUT2D eigenvalue weighted by atomic mass is 16.2. The molecular formula is C25H21N3O3. The van der Waals surface area contributed by atoms with Crippen molar-refractivity contribution in [3.63, 3.8) is 0 Å². The van der Waals surface area contributed by atoms with E-state index in [0.29, 0.717) is 17.7 Å². The molecule has 2 aliphatic heterocycles. The first-order chi connectivity index (χ1) is 15.1. The summed E-state index contributed by atoms with van der Waals surface area (Å²) in [7, 11) is 0. The molecule has 154 valence electrons. The van der Waals surface area contributed by atoms with Crippen molar-refractivity contribution in [3.8, 4) is 0 Å². The van der Waals surface area contributed by atoms with Crippen molar-refractivity contribution in [1.82, 2.24) is 4.90 Å². The maximum atomic E-state index is 13.2. The number of imide groups is 1. The predicted molar refractivity (Wildman–Crippen MR) is 118 cm³/mol. The van der Waals surface area contributed by atoms with Crippen LogP contribution < -0.4 is 10.2 Å². The minimum absolute atomic E-state index is 0.0423. The van der Waals surface area contributed by atoms with Crippen LogP contribution in [-0.2, 0) is 4.79 Å². The van der Waals surface area contributed by atoms with Gasteiger partial charge in [0.15, 0.2) is 0 Å². The fraction of sp³-hybridized carbons (Fsp3) is 0.160. The molecule has 3 aromatic rings. The van der Waals surface area contributed by atoms with Crippen LogP contribution in [0, 0.1) is 0 Å². The Hall–Kier alpha value is -3.93. The van der Waals surface area contributed by atoms with E-state index in [9.17, 15) is 14.4 Å². The van der Waals surface area contributed by atoms with Crippen LogP contribution in [0.25, 0.3) is 0 Å². The summed E-state index contributed by atoms with van der Waals surface area (Å²) in [6.07, 6.45) is 0.0707. The van der Waals surface area contributed by atoms with Gasteiger partial charge < -0.3 is 10.2 Å². The van der Waals surface area contributed by atoms with Crippen molar-refractivity contribution in [2.45, 2.75) is 12.5 Å². The molecule has 0 saturated heterocycles. The van der Waals surface area contributed by atoms with E-state index in [1.165, 1.54) is 4.90 Å². The fourth-order valence-corrected chi connectivity index (χ4v) is 4.24. The van der Waals surface area contributed by atoms with Gasteiger partial charge in [0.25, 0.3) is 11.8 Å². The van der Waals surface area contributed by atoms with Crippen molar-refractivity contribution < 1.29 is 14.4 Å². The number of hydrogen-bond acceptors (Lipinski definition) is 4. The van der Waals surface area contributed by atoms with Gasteiger partial charge in [-0.05, 0) is 29.8 Å². The molecule has 0 bridgehead atoms. The Bertz CT molecular complexity index is 1140. The normalized spacial score (nSPS) is 17.2. The van der Waals surface area contributed by atoms with Crippen molar-refractivity contribution in [1.29, 1.82) is 0 Å². The molecule has 0 aromatic heterocycles. The molecule has 0 spiro atoms. The molecule has 0 fully saturated rings. The molecule has 6 nitrogen and oxygen atoms in total. The predicted octanol–water partition coefficient (Wildman–Crippen LogP) is 3.87. The van der Waals surface area contributed by atoms with Gasteiger partial charge in [-0.25, -0.2) is 0 Å². The van der Waals surface area contributed by atoms with Gasteiger partial charge >= 0.3 is 0 Å². The summed E-state index contributed by atoms with van der Waals surface area (Å²) in [6.45, 7) is 0.537. The topological polar surface area (TPSA) is 69.7 Å². The molecule has 31 heavy (non-hydrogen) atoms. The third-order valence-electron chi connectivity index (χ3n) is 5.82. The molecule has 3 aromatic carbocycles. The summed E-state index contributed by atoms with van der Waals surface area (Å²) in [5.74, 6) is -0.793. The highest BCUT2D eigenvalue weighted by molar-refractivity contribution is 6.21. The molecule has 1 N–H and O–H groups in total. The molecule has 0 radical (unpaired) electrons. The summed E-state index contributed by atoms with van der Waals surface area (Å²) in [4.78, 5) is 41.4. The maximum Gasteiger partial charge on any atom is 0.261 e. The smallest absolute Gasteiger partial charge is 0.261 e. The number of rotatable bonds is 4. The SMILES string of the molecule is O=C1c2ccccc2C(=O)N1CCC(=O)N1CC(c2ccccc2)Nc2ccccc21. The molecule has 3 amide bonds. The number of fused-ring (bicyclic) bond motifs is 2. The number of hydrogen-bond donors (Lipinski definition) is 1. The van der Waals surface area contributed by atoms with Crippen LogP contribution in [0.2, 0.25) is 0 Å². The number of carbonyl (C=O) groups is 3. The van der Waals surface area contributed by atoms with Gasteiger partial charge in [0.05, 0.1) is 35.1 Å². The minimum atomic E-state index is -0.337. The number of para-hydroxylation sites is 2. The number of nitrogens with zero attached hydrogens (tertiary/aromatic N) is 2. The van der Waals surface area contributed by atoms with Gasteiger partial charge in [0, 0.05) is 13.0 Å². The zero-order chi connectivity index (χ0) is 21.4. The monoisotopic (exact) mass is 411 g/mol. The third-order valence-corrected chi connectivity index (χ3v) is 5.82. The highest BCUT2D eigenvalue weighted by Gasteiger charge is 2.36. The molecule has 0 saturated carbocycles. The summed E-state index contributed by atoms with van der Waals surface area (Å²) in [6, 6.07) is 24.4. The molecule has 6 heteroatoms. The van der Waals surface area contributed by atoms with Crippen LogP contribution in [0.1, 0.15) is 38.7 Å². The van der Waals surface area contributed by atoms with Gasteiger partial charge in [-0.2, -0.15) is 0 Å². The highest BCUT2D eigenvalue weighted by Crippen LogP contribution is 2.36. The summed E-state index contributed by atoms with van der Waals surface area (Å²) >= 11 is 0. The van der Waals surface area contributed by atoms with E-state index < -0.39 is 0 Å². The van der Waals surface area contributed by atoms with E-state index in [2.05, 4.69) is 5.32 Å². The van der Waals surface area contributed by atoms with Crippen LogP contribution in [0.3, 0.4) is 0 Å². The number of nitrogens with one attached hydrogen (secondary N) is 1. The molecule has 2 heterocycles. The second kappa shape index (κ2) is 7.72. The first kappa shape index (κ1) is 19.1. The lowest BCUT2D eigenvalue weighted by atomic mass is 10.0. The van der Waals surface area contributed by atoms with Gasteiger partial charge in [0.2, 0.25) is 5.91 Å². The van der Waals surface area contributed by atoms with E-state index in [1.54, 1.807) is 29.2 Å². The third kappa shape index (κ3) is 3.36. The van der Waals surface area contributed by atoms with Gasteiger partial charge in [-0.15, -0.1) is 0 Å². The van der Waals surface area contributed by atoms with E-state index in [-0.39, 0.29) is 36.7 Å². The second-order valence-corrected chi connectivity index (χ2v) is 7.69. The first-order valence-corrected chi connectivity index (χ1v) is 10.3. The second-order valence-electron chi connectivity index (χ2n) is 7.69. The maximum absolute atomic E-state index is 13.2. The zero-order valence-corrected chi connectivity index (χ0v) is 16.8. The molecule has 5 rings (SSSR count). The van der Waals surface area contributed by atoms with Crippen LogP contribution in [0.4, 0.5) is 11.4 Å². The largest absolute Gasteiger partial charge is 0.375 e. The zero-order valence-electron chi connectivity index (χ0n) is 16.8. The van der Waals surface area contributed by atoms with E-state index in [0.717, 1.165) is 16.9 Å². The summed E-state index contributed by atoms with van der Waals surface area (Å²) in [5.41, 5.74) is 3.59. The van der Waals surface area contributed by atoms with Crippen molar-refractivity contribution >= 4 is 29.1 Å². The molecule has 1 unspecified atom stereocenters. The van der Waals surface area contributed by atoms with E-state index in [1.807, 2.05) is 54.6 Å². The quantitative estimate of drug-likeness (QED) is 0.662. The Morgan fingerprint density at radius 1 is 0.839 bits per heavy atom. The fourth-order valence-electron chi connectivity index (χ4n) is 4.24. The van der Waals surface area contributed by atoms with Crippen LogP contribution in [0.15, 0.2) is 78.9 Å². The Balaban J connectivity index is 1.35. The molecule has 1 atom stereocenters. The van der Waals surface area contributed by atoms with Crippen LogP contribution in [0.5, 0.6) is 0 Å². The standard InChI is InChI=1S/C25H21N3O3/c29-23(14-15-27-24(30)18-10-4-5-11-19(18)25(27)31)28-16-21(17-8-2-1-3-9-17)26-20-12-6-7-13-22(20)28/h1-13,21,26H,14-16H2. The van der Waals surface area contributed by atoms with Crippen molar-refractivity contribution in [2.24, 2.45) is 0 Å². The average Bonchev–Trinajstić information content (AvgIpc) is 3.07. The van der Waals surface area contributed by atoms with Gasteiger partial charge in [-0.3, -0.25) is 19.3 Å². The minimum Gasteiger partial charge on any atom is -0.375 e. The first-order valence-electron chi connectivity index (χ1n) is 10.3. The van der Waals surface area contributed by atoms with Crippen molar-refractivity contribution in [2.75, 3.05) is 23.3 Å². The lowest BCUT2D eigenvalue weighted by molar-refractivity contribution is -0.118. The lowest BCUT2D eigenvalue weighted by Crippen LogP contribution is -2.42. The number of benzene rings is 3. The summed E-state index contributed by atoms with van der Waals surface area (Å²) < 4.78 is 0. The van der Waals surface area contributed by atoms with Crippen LogP contribution in [-0.4, -0.2) is 35.7 Å². The van der Waals surface area contributed by atoms with Gasteiger partial charge in [0.1, 0.15) is 0 Å². The van der Waals surface area contributed by atoms with E-state index in [4.69, 9.17) is 0 Å². The molecular weight excluding hydrogens is 390 g/mol. The molecule has 2 aliphatic rings. The molecule has 0 aliphatic carbocycles. The summed E-state index contributed by atoms with van der Waals surface area (Å²) in [5, 5.41) is 3.51. The Morgan fingerprint density at radius 2 is 1.45 bits per heavy atom.